The lowest BCUT2D eigenvalue weighted by molar-refractivity contribution is -0.138. The third kappa shape index (κ3) is 8.06. The van der Waals surface area contributed by atoms with Crippen LogP contribution >= 0.6 is 22.6 Å². The largest absolute Gasteiger partial charge is 0.497 e. The highest BCUT2D eigenvalue weighted by Crippen LogP contribution is 2.37. The molecule has 42 heavy (non-hydrogen) atoms. The summed E-state index contributed by atoms with van der Waals surface area (Å²) in [6.07, 6.45) is 0.0126. The normalized spacial score (nSPS) is 18.1. The van der Waals surface area contributed by atoms with Crippen LogP contribution in [0.4, 0.5) is 0 Å². The van der Waals surface area contributed by atoms with Gasteiger partial charge in [0, 0.05) is 31.5 Å². The van der Waals surface area contributed by atoms with Gasteiger partial charge in [0.15, 0.2) is 11.5 Å². The first-order valence-electron chi connectivity index (χ1n) is 13.6. The van der Waals surface area contributed by atoms with E-state index in [9.17, 15) is 24.9 Å². The van der Waals surface area contributed by atoms with Gasteiger partial charge < -0.3 is 44.5 Å². The van der Waals surface area contributed by atoms with Crippen molar-refractivity contribution in [2.75, 3.05) is 41.0 Å². The number of nitrogens with one attached hydrogen (secondary N) is 1. The molecule has 3 rings (SSSR count). The fraction of sp³-hybridized carbons (Fsp3) is 0.467. The molecule has 1 aliphatic rings. The topological polar surface area (TPSA) is 147 Å². The number of nitrogens with zero attached hydrogens (tertiary/aromatic N) is 1. The summed E-state index contributed by atoms with van der Waals surface area (Å²) in [5.41, 5.74) is 1.76. The first-order valence-corrected chi connectivity index (χ1v) is 14.7. The molecule has 0 fully saturated rings. The molecule has 2 aromatic rings. The lowest BCUT2D eigenvalue weighted by Crippen LogP contribution is -2.55. The number of hydrogen-bond acceptors (Lipinski definition) is 9. The minimum atomic E-state index is -1.19. The maximum atomic E-state index is 13.3. The molecular formula is C30H39IN2O9. The van der Waals surface area contributed by atoms with Crippen molar-refractivity contribution in [3.63, 3.8) is 0 Å². The summed E-state index contributed by atoms with van der Waals surface area (Å²) in [4.78, 5) is 28.0. The van der Waals surface area contributed by atoms with Gasteiger partial charge in [0.2, 0.25) is 11.8 Å². The zero-order chi connectivity index (χ0) is 30.8. The predicted octanol–water partition coefficient (Wildman–Crippen LogP) is 2.21. The number of aliphatic hydroxyl groups is 3. The maximum absolute atomic E-state index is 13.3. The molecule has 3 unspecified atom stereocenters. The summed E-state index contributed by atoms with van der Waals surface area (Å²) in [5.74, 6) is 1.35. The van der Waals surface area contributed by atoms with Crippen LogP contribution in [0.3, 0.4) is 0 Å². The van der Waals surface area contributed by atoms with Crippen LogP contribution in [0, 0.1) is 3.57 Å². The van der Waals surface area contributed by atoms with Crippen molar-refractivity contribution in [2.24, 2.45) is 0 Å². The van der Waals surface area contributed by atoms with Gasteiger partial charge in [0.1, 0.15) is 23.7 Å². The van der Waals surface area contributed by atoms with Gasteiger partial charge >= 0.3 is 0 Å². The van der Waals surface area contributed by atoms with E-state index in [4.69, 9.17) is 18.9 Å². The van der Waals surface area contributed by atoms with Gasteiger partial charge in [-0.25, -0.2) is 0 Å². The Morgan fingerprint density at radius 2 is 1.81 bits per heavy atom. The van der Waals surface area contributed by atoms with Gasteiger partial charge in [0.25, 0.3) is 0 Å². The van der Waals surface area contributed by atoms with Gasteiger partial charge in [-0.3, -0.25) is 9.59 Å². The van der Waals surface area contributed by atoms with Crippen LogP contribution in [0.15, 0.2) is 42.0 Å². The van der Waals surface area contributed by atoms with Gasteiger partial charge in [-0.1, -0.05) is 6.92 Å². The molecule has 11 nitrogen and oxygen atoms in total. The van der Waals surface area contributed by atoms with Gasteiger partial charge in [0.05, 0.1) is 44.2 Å². The molecule has 0 radical (unpaired) electrons. The molecule has 0 saturated heterocycles. The molecule has 12 heteroatoms. The molecule has 2 aromatic carbocycles. The highest BCUT2D eigenvalue weighted by molar-refractivity contribution is 14.1. The quantitative estimate of drug-likeness (QED) is 0.218. The fourth-order valence-corrected chi connectivity index (χ4v) is 5.68. The smallest absolute Gasteiger partial charge is 0.247 e. The molecule has 2 amide bonds. The number of ether oxygens (including phenoxy) is 4. The van der Waals surface area contributed by atoms with Crippen LogP contribution in [-0.2, 0) is 22.6 Å². The molecule has 0 bridgehead atoms. The molecule has 230 valence electrons. The lowest BCUT2D eigenvalue weighted by Gasteiger charge is -2.40. The number of carbonyl (C=O) groups is 2. The van der Waals surface area contributed by atoms with E-state index in [2.05, 4.69) is 27.9 Å². The molecule has 3 atom stereocenters. The van der Waals surface area contributed by atoms with Gasteiger partial charge in [-0.2, -0.15) is 0 Å². The Hall–Kier alpha value is -3.07. The number of halogens is 1. The zero-order valence-corrected chi connectivity index (χ0v) is 26.4. The Kier molecular flexibility index (Phi) is 12.7. The van der Waals surface area contributed by atoms with Crippen LogP contribution in [0.1, 0.15) is 30.9 Å². The van der Waals surface area contributed by atoms with E-state index in [1.54, 1.807) is 56.4 Å². The van der Waals surface area contributed by atoms with Crippen molar-refractivity contribution in [3.05, 3.63) is 56.7 Å². The number of rotatable bonds is 14. The molecule has 0 saturated carbocycles. The van der Waals surface area contributed by atoms with E-state index >= 15 is 0 Å². The van der Waals surface area contributed by atoms with E-state index in [1.807, 2.05) is 6.07 Å². The van der Waals surface area contributed by atoms with Gasteiger partial charge in [-0.05, 0) is 76.5 Å². The molecule has 0 aliphatic heterocycles. The number of amides is 2. The summed E-state index contributed by atoms with van der Waals surface area (Å²) in [6.45, 7) is 1.60. The molecule has 4 N–H and O–H groups in total. The van der Waals surface area contributed by atoms with Crippen LogP contribution in [0.2, 0.25) is 0 Å². The van der Waals surface area contributed by atoms with Crippen LogP contribution in [0.5, 0.6) is 23.0 Å². The summed E-state index contributed by atoms with van der Waals surface area (Å²) >= 11 is 2.05. The van der Waals surface area contributed by atoms with Crippen molar-refractivity contribution >= 4 is 34.4 Å². The second-order valence-electron chi connectivity index (χ2n) is 9.65. The van der Waals surface area contributed by atoms with E-state index in [0.717, 1.165) is 5.56 Å². The number of methoxy groups -OCH3 is 3. The molecule has 0 heterocycles. The third-order valence-corrected chi connectivity index (χ3v) is 7.87. The van der Waals surface area contributed by atoms with E-state index < -0.39 is 24.2 Å². The number of hydrogen-bond donors (Lipinski definition) is 4. The molecule has 0 spiro atoms. The van der Waals surface area contributed by atoms with Crippen LogP contribution in [0.25, 0.3) is 0 Å². The second kappa shape index (κ2) is 16.0. The summed E-state index contributed by atoms with van der Waals surface area (Å²) in [6, 6.07) is 8.00. The Morgan fingerprint density at radius 1 is 1.07 bits per heavy atom. The van der Waals surface area contributed by atoms with Crippen molar-refractivity contribution in [3.8, 4) is 23.0 Å². The first kappa shape index (κ1) is 33.4. The van der Waals surface area contributed by atoms with Crippen molar-refractivity contribution < 1.29 is 43.9 Å². The Bertz CT molecular complexity index is 1270. The summed E-state index contributed by atoms with van der Waals surface area (Å²) in [5, 5.41) is 33.1. The highest BCUT2D eigenvalue weighted by Gasteiger charge is 2.40. The Balaban J connectivity index is 1.99. The average molecular weight is 699 g/mol. The molecule has 1 aliphatic carbocycles. The SMILES string of the molecule is CCC(=O)N(CCc1cc(OC)ccc1OC)C1CC(C(=O)NCCO)=CC(Oc2c(I)cc(CO)cc2OC)C1O. The van der Waals surface area contributed by atoms with E-state index in [0.29, 0.717) is 44.1 Å². The standard InChI is InChI=1S/C30H39IN2O9/c1-5-27(36)33(10-8-19-14-21(39-2)6-7-24(19)40-3)23-15-20(30(38)32-9-11-34)16-25(28(23)37)42-29-22(31)12-18(17-35)13-26(29)41-4/h6-7,12-14,16,23,25,28,34-35,37H,5,8-11,15,17H2,1-4H3,(H,32,38). The van der Waals surface area contributed by atoms with E-state index in [1.165, 1.54) is 7.11 Å². The Morgan fingerprint density at radius 3 is 2.43 bits per heavy atom. The number of carbonyl (C=O) groups excluding carboxylic acids is 2. The lowest BCUT2D eigenvalue weighted by atomic mass is 9.87. The average Bonchev–Trinajstić information content (AvgIpc) is 3.01. The third-order valence-electron chi connectivity index (χ3n) is 7.07. The van der Waals surface area contributed by atoms with Crippen molar-refractivity contribution in [1.82, 2.24) is 10.2 Å². The predicted molar refractivity (Wildman–Crippen MR) is 164 cm³/mol. The number of benzene rings is 2. The zero-order valence-electron chi connectivity index (χ0n) is 24.3. The summed E-state index contributed by atoms with van der Waals surface area (Å²) < 4.78 is 23.3. The van der Waals surface area contributed by atoms with Crippen molar-refractivity contribution in [1.29, 1.82) is 0 Å². The maximum Gasteiger partial charge on any atom is 0.247 e. The monoisotopic (exact) mass is 698 g/mol. The van der Waals surface area contributed by atoms with Crippen molar-refractivity contribution in [2.45, 2.75) is 51.0 Å². The highest BCUT2D eigenvalue weighted by atomic mass is 127. The summed E-state index contributed by atoms with van der Waals surface area (Å²) in [7, 11) is 4.61. The first-order chi connectivity index (χ1) is 20.2. The minimum Gasteiger partial charge on any atom is -0.497 e. The van der Waals surface area contributed by atoms with Crippen LogP contribution in [-0.4, -0.2) is 91.3 Å². The fourth-order valence-electron chi connectivity index (χ4n) is 4.89. The van der Waals surface area contributed by atoms with Gasteiger partial charge in [-0.15, -0.1) is 0 Å². The Labute approximate surface area is 259 Å². The second-order valence-corrected chi connectivity index (χ2v) is 10.8. The molecule has 0 aromatic heterocycles. The number of aliphatic hydroxyl groups excluding tert-OH is 3. The van der Waals surface area contributed by atoms with Crippen LogP contribution < -0.4 is 24.3 Å². The van der Waals surface area contributed by atoms with E-state index in [-0.39, 0.29) is 45.1 Å². The molecular weight excluding hydrogens is 659 g/mol. The minimum absolute atomic E-state index is 0.0521.